The number of quaternary nitrogens is 2. The Hall–Kier alpha value is -6.24. The molecule has 0 bridgehead atoms. The summed E-state index contributed by atoms with van der Waals surface area (Å²) < 4.78 is 7.03. The molecule has 0 aliphatic rings. The van der Waals surface area contributed by atoms with Crippen LogP contribution in [0.3, 0.4) is 0 Å². The molecule has 7 amide bonds. The third kappa shape index (κ3) is 28.6. The molecule has 1 aromatic heterocycles. The first-order chi connectivity index (χ1) is 34.8. The minimum atomic E-state index is -1.53. The van der Waals surface area contributed by atoms with Gasteiger partial charge in [-0.05, 0) is 42.7 Å². The lowest BCUT2D eigenvalue weighted by Crippen LogP contribution is -2.59. The van der Waals surface area contributed by atoms with Gasteiger partial charge >= 0.3 is 0 Å². The van der Waals surface area contributed by atoms with Gasteiger partial charge < -0.3 is 64.1 Å². The lowest BCUT2D eigenvalue weighted by atomic mass is 10.00. The lowest BCUT2D eigenvalue weighted by molar-refractivity contribution is -0.368. The standard InChI is InChI=1S/C47H81N17O8/c1-4-5-9-19-55-44(68)39(31-42(66)54-24-22-52-20-17-49)59-47(71)40(32-43(67)53-23-21-51-18-11-16-48)60-45(69)37(29-34(2)3)58-46(70)38(30-35-12-7-6-8-13-35)57-41(65)15-10-14-36-33-64(63-61-36)26-28-72-27-25-56-62-50/h6-8,12-13,33-34,37-40,51-52H,4-5,9-11,14-32,48-49H2,1-3H3,(H,53,67)(H,54,66)(H,55,68)(H,57,65)(H,58,70)(H,59,71)(H,60,69)/p+2/t37-,38+,39-,40+/m0/s1. The lowest BCUT2D eigenvalue weighted by Gasteiger charge is -2.27. The van der Waals surface area contributed by atoms with Gasteiger partial charge in [0.15, 0.2) is 0 Å². The van der Waals surface area contributed by atoms with Crippen LogP contribution in [0.15, 0.2) is 41.6 Å². The summed E-state index contributed by atoms with van der Waals surface area (Å²) in [5.41, 5.74) is 17.4. The van der Waals surface area contributed by atoms with Gasteiger partial charge in [-0.1, -0.05) is 74.3 Å². The van der Waals surface area contributed by atoms with Gasteiger partial charge in [-0.2, -0.15) is 0 Å². The van der Waals surface area contributed by atoms with Crippen molar-refractivity contribution in [3.63, 3.8) is 0 Å². The summed E-state index contributed by atoms with van der Waals surface area (Å²) in [5, 5.41) is 37.2. The zero-order valence-corrected chi connectivity index (χ0v) is 42.7. The second kappa shape index (κ2) is 38.4. The van der Waals surface area contributed by atoms with Crippen LogP contribution < -0.4 is 59.3 Å². The normalized spacial score (nSPS) is 12.6. The molecule has 0 radical (unpaired) electrons. The van der Waals surface area contributed by atoms with Crippen molar-refractivity contribution in [2.24, 2.45) is 11.0 Å². The fourth-order valence-corrected chi connectivity index (χ4v) is 7.10. The van der Waals surface area contributed by atoms with Gasteiger partial charge in [0, 0.05) is 82.7 Å². The quantitative estimate of drug-likeness (QED) is 0.0143. The zero-order valence-electron chi connectivity index (χ0n) is 42.7. The molecular weight excluding hydrogens is 931 g/mol. The van der Waals surface area contributed by atoms with Gasteiger partial charge in [-0.3, -0.25) is 33.6 Å². The largest absolute Gasteiger partial charge is 0.379 e. The molecule has 72 heavy (non-hydrogen) atoms. The maximum absolute atomic E-state index is 14.3. The Labute approximate surface area is 423 Å². The number of hydrogen-bond acceptors (Lipinski definition) is 13. The molecule has 4 atom stereocenters. The van der Waals surface area contributed by atoms with Crippen molar-refractivity contribution in [2.45, 2.75) is 122 Å². The van der Waals surface area contributed by atoms with E-state index in [2.05, 4.69) is 79.7 Å². The van der Waals surface area contributed by atoms with E-state index in [0.29, 0.717) is 77.4 Å². The van der Waals surface area contributed by atoms with E-state index in [4.69, 9.17) is 10.3 Å². The molecule has 0 saturated carbocycles. The minimum absolute atomic E-state index is 0.0580. The number of nitrogens with one attached hydrogen (secondary N) is 9. The van der Waals surface area contributed by atoms with Crippen molar-refractivity contribution in [1.29, 1.82) is 0 Å². The molecule has 1 heterocycles. The second-order valence-electron chi connectivity index (χ2n) is 17.7. The average molecular weight is 1010 g/mol. The molecule has 2 rings (SSSR count). The summed E-state index contributed by atoms with van der Waals surface area (Å²) >= 11 is 0. The number of hydrogen-bond donors (Lipinski definition) is 11. The van der Waals surface area contributed by atoms with E-state index < -0.39 is 78.4 Å². The summed E-state index contributed by atoms with van der Waals surface area (Å²) in [7, 11) is 0. The van der Waals surface area contributed by atoms with Crippen LogP contribution in [0.1, 0.15) is 89.8 Å². The number of rotatable bonds is 41. The first kappa shape index (κ1) is 61.9. The Morgan fingerprint density at radius 3 is 1.97 bits per heavy atom. The molecule has 15 N–H and O–H groups in total. The smallest absolute Gasteiger partial charge is 0.243 e. The van der Waals surface area contributed by atoms with Crippen molar-refractivity contribution >= 4 is 41.4 Å². The second-order valence-corrected chi connectivity index (χ2v) is 17.7. The van der Waals surface area contributed by atoms with Gasteiger partial charge in [-0.15, -0.1) is 5.10 Å². The monoisotopic (exact) mass is 1010 g/mol. The number of benzene rings is 1. The predicted octanol–water partition coefficient (Wildman–Crippen LogP) is -2.47. The summed E-state index contributed by atoms with van der Waals surface area (Å²) in [4.78, 5) is 98.9. The Balaban J connectivity index is 2.29. The molecule has 25 nitrogen and oxygen atoms in total. The van der Waals surface area contributed by atoms with Gasteiger partial charge in [0.2, 0.25) is 41.4 Å². The molecular formula is C47H83N17O8+2. The number of carbonyl (C=O) groups is 7. The van der Waals surface area contributed by atoms with Crippen LogP contribution >= 0.6 is 0 Å². The molecule has 0 aliphatic carbocycles. The molecule has 25 heteroatoms. The fourth-order valence-electron chi connectivity index (χ4n) is 7.10. The maximum atomic E-state index is 14.3. The van der Waals surface area contributed by atoms with Crippen LogP contribution in [0.2, 0.25) is 0 Å². The molecule has 0 unspecified atom stereocenters. The molecule has 0 spiro atoms. The van der Waals surface area contributed by atoms with E-state index in [-0.39, 0.29) is 51.4 Å². The summed E-state index contributed by atoms with van der Waals surface area (Å²) in [6, 6.07) is 3.88. The number of carbonyl (C=O) groups excluding carboxylic acids is 7. The van der Waals surface area contributed by atoms with Crippen molar-refractivity contribution in [1.82, 2.24) is 62.8 Å². The highest BCUT2D eigenvalue weighted by Gasteiger charge is 2.33. The topological polar surface area (TPSA) is 372 Å². The van der Waals surface area contributed by atoms with Crippen molar-refractivity contribution in [2.75, 3.05) is 78.7 Å². The molecule has 2 aromatic rings. The van der Waals surface area contributed by atoms with E-state index in [9.17, 15) is 33.6 Å². The van der Waals surface area contributed by atoms with E-state index in [1.165, 1.54) is 0 Å². The van der Waals surface area contributed by atoms with Gasteiger partial charge in [-0.25, -0.2) is 4.68 Å². The Morgan fingerprint density at radius 1 is 0.694 bits per heavy atom. The van der Waals surface area contributed by atoms with Crippen LogP contribution in [0.5, 0.6) is 0 Å². The summed E-state index contributed by atoms with van der Waals surface area (Å²) in [5.74, 6) is -4.50. The van der Waals surface area contributed by atoms with Gasteiger partial charge in [0.25, 0.3) is 0 Å². The number of ether oxygens (including phenoxy) is 1. The van der Waals surface area contributed by atoms with Gasteiger partial charge in [0.05, 0.1) is 51.4 Å². The Bertz CT molecular complexity index is 1950. The van der Waals surface area contributed by atoms with Crippen LogP contribution in [0.4, 0.5) is 0 Å². The SMILES string of the molecule is CCCCCNC(=O)[C@H](CC(=O)NCCNCC[NH3+])NC(=O)[C@@H](CC(=O)NCCNCCC[NH3+])NC(=O)[C@H](CC(C)C)NC(=O)[C@@H](Cc1ccccc1)NC(=O)CCCc1cn(CCOCCN=[N+]=[N-])nn1. The predicted molar refractivity (Wildman–Crippen MR) is 269 cm³/mol. The molecule has 0 fully saturated rings. The van der Waals surface area contributed by atoms with Crippen molar-refractivity contribution in [3.8, 4) is 0 Å². The first-order valence-corrected chi connectivity index (χ1v) is 25.3. The van der Waals surface area contributed by atoms with Crippen LogP contribution in [0.25, 0.3) is 10.4 Å². The van der Waals surface area contributed by atoms with Gasteiger partial charge in [0.1, 0.15) is 24.2 Å². The number of amides is 7. The highest BCUT2D eigenvalue weighted by atomic mass is 16.5. The van der Waals surface area contributed by atoms with E-state index in [1.807, 2.05) is 51.1 Å². The molecule has 402 valence electrons. The number of azide groups is 1. The number of aromatic nitrogens is 3. The summed E-state index contributed by atoms with van der Waals surface area (Å²) in [6.07, 6.45) is 5.24. The van der Waals surface area contributed by atoms with Crippen LogP contribution in [0, 0.1) is 5.92 Å². The van der Waals surface area contributed by atoms with Crippen molar-refractivity contribution in [3.05, 3.63) is 58.2 Å². The van der Waals surface area contributed by atoms with E-state index >= 15 is 0 Å². The Morgan fingerprint density at radius 2 is 1.33 bits per heavy atom. The highest BCUT2D eigenvalue weighted by Crippen LogP contribution is 2.11. The average Bonchev–Trinajstić information content (AvgIpc) is 3.81. The number of aryl methyl sites for hydroxylation is 1. The third-order valence-corrected chi connectivity index (χ3v) is 10.9. The molecule has 0 aliphatic heterocycles. The molecule has 1 aromatic carbocycles. The van der Waals surface area contributed by atoms with E-state index in [0.717, 1.165) is 31.4 Å². The third-order valence-electron chi connectivity index (χ3n) is 10.9. The number of nitrogens with zero attached hydrogens (tertiary/aromatic N) is 6. The van der Waals surface area contributed by atoms with Crippen LogP contribution in [-0.2, 0) is 57.7 Å². The Kier molecular flexibility index (Phi) is 33.0. The molecule has 0 saturated heterocycles. The number of unbranched alkanes of at least 4 members (excludes halogenated alkanes) is 2. The first-order valence-electron chi connectivity index (χ1n) is 25.3. The fraction of sp³-hybridized carbons (Fsp3) is 0.681. The summed E-state index contributed by atoms with van der Waals surface area (Å²) in [6.45, 7) is 11.5. The highest BCUT2D eigenvalue weighted by molar-refractivity contribution is 5.98. The van der Waals surface area contributed by atoms with E-state index in [1.54, 1.807) is 10.9 Å². The zero-order chi connectivity index (χ0) is 52.8. The van der Waals surface area contributed by atoms with Crippen molar-refractivity contribution < 1.29 is 49.8 Å². The minimum Gasteiger partial charge on any atom is -0.379 e. The maximum Gasteiger partial charge on any atom is 0.243 e. The van der Waals surface area contributed by atoms with Crippen LogP contribution in [-0.4, -0.2) is 159 Å².